The van der Waals surface area contributed by atoms with Gasteiger partial charge in [-0.2, -0.15) is 0 Å². The van der Waals surface area contributed by atoms with Crippen LogP contribution in [0, 0.1) is 0 Å². The molecule has 0 spiro atoms. The Balaban J connectivity index is 1.84. The van der Waals surface area contributed by atoms with Crippen LogP contribution in [0.1, 0.15) is 36.0 Å². The Morgan fingerprint density at radius 1 is 1.11 bits per heavy atom. The van der Waals surface area contributed by atoms with E-state index in [1.165, 1.54) is 5.56 Å². The van der Waals surface area contributed by atoms with Crippen LogP contribution in [-0.2, 0) is 23.0 Å². The summed E-state index contributed by atoms with van der Waals surface area (Å²) in [6.45, 7) is 2.79. The highest BCUT2D eigenvalue weighted by molar-refractivity contribution is 7.89. The molecule has 1 aliphatic rings. The van der Waals surface area contributed by atoms with Gasteiger partial charge in [0.05, 0.1) is 5.75 Å². The second kappa shape index (κ2) is 8.87. The number of hydrogen-bond donors (Lipinski definition) is 2. The molecular weight excluding hydrogens is 360 g/mol. The Kier molecular flexibility index (Phi) is 6.52. The smallest absolute Gasteiger partial charge is 0.211 e. The van der Waals surface area contributed by atoms with E-state index in [4.69, 9.17) is 4.74 Å². The molecule has 0 amide bonds. The lowest BCUT2D eigenvalue weighted by Gasteiger charge is -2.34. The Bertz CT molecular complexity index is 853. The number of nitrogens with one attached hydrogen (secondary N) is 2. The number of sulfonamides is 1. The van der Waals surface area contributed by atoms with Crippen LogP contribution in [0.25, 0.3) is 0 Å². The van der Waals surface area contributed by atoms with Gasteiger partial charge in [-0.15, -0.1) is 0 Å². The Labute approximate surface area is 162 Å². The van der Waals surface area contributed by atoms with Gasteiger partial charge in [-0.3, -0.25) is 0 Å². The monoisotopic (exact) mass is 388 g/mol. The summed E-state index contributed by atoms with van der Waals surface area (Å²) in [5.41, 5.74) is 3.37. The first kappa shape index (κ1) is 19.9. The van der Waals surface area contributed by atoms with Crippen molar-refractivity contribution in [3.05, 3.63) is 65.2 Å². The molecule has 0 radical (unpaired) electrons. The topological polar surface area (TPSA) is 67.4 Å². The molecule has 2 atom stereocenters. The molecule has 0 bridgehead atoms. The minimum absolute atomic E-state index is 0.152. The second-order valence-electron chi connectivity index (χ2n) is 7.01. The first-order valence-electron chi connectivity index (χ1n) is 9.46. The molecule has 1 heterocycles. The third kappa shape index (κ3) is 5.09. The molecular formula is C21H28N2O3S. The molecule has 0 unspecified atom stereocenters. The fourth-order valence-corrected chi connectivity index (χ4v) is 4.65. The van der Waals surface area contributed by atoms with E-state index in [9.17, 15) is 8.42 Å². The maximum atomic E-state index is 12.0. The van der Waals surface area contributed by atoms with Crippen LogP contribution in [0.4, 0.5) is 0 Å². The van der Waals surface area contributed by atoms with Crippen LogP contribution in [0.15, 0.2) is 48.5 Å². The zero-order valence-corrected chi connectivity index (χ0v) is 16.8. The lowest BCUT2D eigenvalue weighted by molar-refractivity contribution is 0.218. The summed E-state index contributed by atoms with van der Waals surface area (Å²) in [5.74, 6) is 1.32. The fourth-order valence-electron chi connectivity index (χ4n) is 3.58. The highest BCUT2D eigenvalue weighted by Gasteiger charge is 2.30. The minimum atomic E-state index is -3.22. The van der Waals surface area contributed by atoms with Gasteiger partial charge in [0.2, 0.25) is 10.0 Å². The van der Waals surface area contributed by atoms with E-state index < -0.39 is 10.0 Å². The van der Waals surface area contributed by atoms with E-state index in [-0.39, 0.29) is 17.7 Å². The molecule has 27 heavy (non-hydrogen) atoms. The average molecular weight is 389 g/mol. The van der Waals surface area contributed by atoms with Crippen LogP contribution in [-0.4, -0.2) is 33.9 Å². The molecule has 2 N–H and O–H groups in total. The van der Waals surface area contributed by atoms with Gasteiger partial charge in [0, 0.05) is 18.5 Å². The summed E-state index contributed by atoms with van der Waals surface area (Å²) in [6.07, 6.45) is 1.52. The van der Waals surface area contributed by atoms with Crippen molar-refractivity contribution in [2.45, 2.75) is 38.3 Å². The van der Waals surface area contributed by atoms with Crippen molar-refractivity contribution in [1.82, 2.24) is 10.0 Å². The summed E-state index contributed by atoms with van der Waals surface area (Å²) < 4.78 is 32.5. The SMILES string of the molecule is CCCS(=O)(=O)NCc1ccc2c(c1)[C@H](Cc1ccccc1)[C@H](NC)CO2. The second-order valence-corrected chi connectivity index (χ2v) is 8.94. The normalized spacial score (nSPS) is 19.3. The van der Waals surface area contributed by atoms with E-state index in [1.54, 1.807) is 0 Å². The summed E-state index contributed by atoms with van der Waals surface area (Å²) in [6, 6.07) is 16.6. The van der Waals surface area contributed by atoms with Crippen molar-refractivity contribution >= 4 is 10.0 Å². The van der Waals surface area contributed by atoms with Crippen LogP contribution >= 0.6 is 0 Å². The maximum Gasteiger partial charge on any atom is 0.211 e. The molecule has 0 fully saturated rings. The van der Waals surface area contributed by atoms with Gasteiger partial charge in [0.25, 0.3) is 0 Å². The predicted octanol–water partition coefficient (Wildman–Crippen LogP) is 2.82. The molecule has 1 aliphatic heterocycles. The third-order valence-corrected chi connectivity index (χ3v) is 6.55. The summed E-state index contributed by atoms with van der Waals surface area (Å²) in [5, 5.41) is 3.37. The summed E-state index contributed by atoms with van der Waals surface area (Å²) in [4.78, 5) is 0. The van der Waals surface area contributed by atoms with Gasteiger partial charge < -0.3 is 10.1 Å². The largest absolute Gasteiger partial charge is 0.492 e. The molecule has 146 valence electrons. The Morgan fingerprint density at radius 3 is 2.59 bits per heavy atom. The van der Waals surface area contributed by atoms with Crippen molar-refractivity contribution in [2.24, 2.45) is 0 Å². The van der Waals surface area contributed by atoms with Crippen molar-refractivity contribution in [3.63, 3.8) is 0 Å². The highest BCUT2D eigenvalue weighted by Crippen LogP contribution is 2.36. The zero-order valence-electron chi connectivity index (χ0n) is 15.9. The molecule has 6 heteroatoms. The first-order chi connectivity index (χ1) is 13.0. The quantitative estimate of drug-likeness (QED) is 0.730. The molecule has 0 saturated heterocycles. The van der Waals surface area contributed by atoms with Crippen LogP contribution in [0.5, 0.6) is 5.75 Å². The molecule has 0 saturated carbocycles. The van der Waals surface area contributed by atoms with Gasteiger partial charge in [-0.05, 0) is 42.6 Å². The number of likely N-dealkylation sites (N-methyl/N-ethyl adjacent to an activating group) is 1. The van der Waals surface area contributed by atoms with Crippen molar-refractivity contribution < 1.29 is 13.2 Å². The van der Waals surface area contributed by atoms with Crippen LogP contribution in [0.3, 0.4) is 0 Å². The average Bonchev–Trinajstić information content (AvgIpc) is 2.67. The molecule has 3 rings (SSSR count). The molecule has 5 nitrogen and oxygen atoms in total. The zero-order chi connectivity index (χ0) is 19.3. The number of hydrogen-bond acceptors (Lipinski definition) is 4. The fraction of sp³-hybridized carbons (Fsp3) is 0.429. The number of fused-ring (bicyclic) bond motifs is 1. The Morgan fingerprint density at radius 2 is 1.89 bits per heavy atom. The van der Waals surface area contributed by atoms with Crippen molar-refractivity contribution in [1.29, 1.82) is 0 Å². The van der Waals surface area contributed by atoms with E-state index in [1.807, 2.05) is 32.2 Å². The van der Waals surface area contributed by atoms with Gasteiger partial charge in [0.1, 0.15) is 12.4 Å². The lowest BCUT2D eigenvalue weighted by Crippen LogP contribution is -2.41. The van der Waals surface area contributed by atoms with Gasteiger partial charge >= 0.3 is 0 Å². The van der Waals surface area contributed by atoms with E-state index >= 15 is 0 Å². The maximum absolute atomic E-state index is 12.0. The summed E-state index contributed by atoms with van der Waals surface area (Å²) in [7, 11) is -1.26. The van der Waals surface area contributed by atoms with E-state index in [0.717, 1.165) is 23.3 Å². The highest BCUT2D eigenvalue weighted by atomic mass is 32.2. The third-order valence-electron chi connectivity index (χ3n) is 5.02. The van der Waals surface area contributed by atoms with Gasteiger partial charge in [-0.25, -0.2) is 13.1 Å². The molecule has 0 aromatic heterocycles. The number of ether oxygens (including phenoxy) is 1. The molecule has 0 aliphatic carbocycles. The van der Waals surface area contributed by atoms with Gasteiger partial charge in [-0.1, -0.05) is 49.4 Å². The van der Waals surface area contributed by atoms with Gasteiger partial charge in [0.15, 0.2) is 0 Å². The van der Waals surface area contributed by atoms with Crippen molar-refractivity contribution in [2.75, 3.05) is 19.4 Å². The first-order valence-corrected chi connectivity index (χ1v) is 11.1. The summed E-state index contributed by atoms with van der Waals surface area (Å²) >= 11 is 0. The molecule has 2 aromatic carbocycles. The van der Waals surface area contributed by atoms with Crippen LogP contribution in [0.2, 0.25) is 0 Å². The molecule has 2 aromatic rings. The van der Waals surface area contributed by atoms with E-state index in [0.29, 0.717) is 19.6 Å². The standard InChI is InChI=1S/C21H28N2O3S/c1-3-11-27(24,25)23-14-17-9-10-21-19(13-17)18(20(22-2)15-26-21)12-16-7-5-4-6-8-16/h4-10,13,18,20,22-23H,3,11-12,14-15H2,1-2H3/t18-,20+/m0/s1. The lowest BCUT2D eigenvalue weighted by atomic mass is 9.83. The minimum Gasteiger partial charge on any atom is -0.492 e. The van der Waals surface area contributed by atoms with E-state index in [2.05, 4.69) is 40.4 Å². The Hall–Kier alpha value is -1.89. The number of rotatable bonds is 8. The predicted molar refractivity (Wildman–Crippen MR) is 109 cm³/mol. The number of benzene rings is 2. The van der Waals surface area contributed by atoms with Crippen LogP contribution < -0.4 is 14.8 Å². The van der Waals surface area contributed by atoms with Crippen molar-refractivity contribution in [3.8, 4) is 5.75 Å².